The van der Waals surface area contributed by atoms with Crippen LogP contribution in [0.1, 0.15) is 17.0 Å². The molecule has 104 valence electrons. The Kier molecular flexibility index (Phi) is 3.98. The lowest BCUT2D eigenvalue weighted by Crippen LogP contribution is -2.30. The van der Waals surface area contributed by atoms with Gasteiger partial charge in [0.05, 0.1) is 11.4 Å². The number of fused-ring (bicyclic) bond motifs is 1. The van der Waals surface area contributed by atoms with E-state index in [1.807, 2.05) is 25.3 Å². The molecule has 1 atom stereocenters. The third-order valence-electron chi connectivity index (χ3n) is 3.28. The smallest absolute Gasteiger partial charge is 0.123 e. The van der Waals surface area contributed by atoms with Crippen molar-refractivity contribution < 1.29 is 4.74 Å². The van der Waals surface area contributed by atoms with E-state index in [2.05, 4.69) is 37.3 Å². The van der Waals surface area contributed by atoms with E-state index in [9.17, 15) is 0 Å². The summed E-state index contributed by atoms with van der Waals surface area (Å²) in [7, 11) is 0. The molecule has 0 saturated carbocycles. The van der Waals surface area contributed by atoms with E-state index in [1.165, 1.54) is 5.56 Å². The summed E-state index contributed by atoms with van der Waals surface area (Å²) in [6.45, 7) is 3.46. The number of benzene rings is 1. The molecular formula is C15H16BrN3O. The molecule has 1 aliphatic rings. The standard InChI is InChI=1S/C15H16BrN3O/c1-10-6-19-13(8-18-10)7-17-9-14-5-11-4-12(16)2-3-15(11)20-14/h2-4,6,8,14,17H,5,7,9H2,1H3. The minimum atomic E-state index is 0.192. The Labute approximate surface area is 126 Å². The first-order chi connectivity index (χ1) is 9.70. The van der Waals surface area contributed by atoms with Crippen LogP contribution in [-0.2, 0) is 13.0 Å². The van der Waals surface area contributed by atoms with Crippen molar-refractivity contribution in [2.75, 3.05) is 6.54 Å². The minimum absolute atomic E-state index is 0.192. The molecule has 0 spiro atoms. The van der Waals surface area contributed by atoms with E-state index in [-0.39, 0.29) is 6.10 Å². The molecule has 0 amide bonds. The van der Waals surface area contributed by atoms with E-state index < -0.39 is 0 Å². The molecule has 1 unspecified atom stereocenters. The number of hydrogen-bond acceptors (Lipinski definition) is 4. The average molecular weight is 334 g/mol. The van der Waals surface area contributed by atoms with Gasteiger partial charge >= 0.3 is 0 Å². The zero-order chi connectivity index (χ0) is 13.9. The maximum atomic E-state index is 5.90. The van der Waals surface area contributed by atoms with Crippen LogP contribution in [-0.4, -0.2) is 22.6 Å². The number of nitrogens with one attached hydrogen (secondary N) is 1. The van der Waals surface area contributed by atoms with Crippen LogP contribution in [0.15, 0.2) is 35.1 Å². The second-order valence-corrected chi connectivity index (χ2v) is 5.89. The van der Waals surface area contributed by atoms with Gasteiger partial charge in [0, 0.05) is 36.4 Å². The van der Waals surface area contributed by atoms with Gasteiger partial charge in [-0.3, -0.25) is 9.97 Å². The van der Waals surface area contributed by atoms with Crippen molar-refractivity contribution in [1.29, 1.82) is 0 Å². The van der Waals surface area contributed by atoms with Gasteiger partial charge in [-0.2, -0.15) is 0 Å². The monoisotopic (exact) mass is 333 g/mol. The second-order valence-electron chi connectivity index (χ2n) is 4.98. The summed E-state index contributed by atoms with van der Waals surface area (Å²) in [5.74, 6) is 0.995. The van der Waals surface area contributed by atoms with Crippen LogP contribution in [0.5, 0.6) is 5.75 Å². The van der Waals surface area contributed by atoms with Gasteiger partial charge in [-0.1, -0.05) is 15.9 Å². The molecule has 2 aromatic rings. The van der Waals surface area contributed by atoms with E-state index in [0.29, 0.717) is 6.54 Å². The molecule has 2 heterocycles. The number of nitrogens with zero attached hydrogens (tertiary/aromatic N) is 2. The van der Waals surface area contributed by atoms with Crippen molar-refractivity contribution >= 4 is 15.9 Å². The first-order valence-electron chi connectivity index (χ1n) is 6.64. The lowest BCUT2D eigenvalue weighted by atomic mass is 10.1. The number of ether oxygens (including phenoxy) is 1. The Morgan fingerprint density at radius 1 is 1.35 bits per heavy atom. The molecule has 1 N–H and O–H groups in total. The van der Waals surface area contributed by atoms with Crippen molar-refractivity contribution in [2.24, 2.45) is 0 Å². The first kappa shape index (κ1) is 13.5. The molecule has 4 nitrogen and oxygen atoms in total. The summed E-state index contributed by atoms with van der Waals surface area (Å²) in [5, 5.41) is 3.37. The highest BCUT2D eigenvalue weighted by Gasteiger charge is 2.22. The van der Waals surface area contributed by atoms with Gasteiger partial charge in [-0.05, 0) is 30.7 Å². The highest BCUT2D eigenvalue weighted by atomic mass is 79.9. The quantitative estimate of drug-likeness (QED) is 0.934. The van der Waals surface area contributed by atoms with Crippen LogP contribution in [0.4, 0.5) is 0 Å². The number of aromatic nitrogens is 2. The summed E-state index contributed by atoms with van der Waals surface area (Å²) in [4.78, 5) is 8.55. The molecule has 0 aliphatic carbocycles. The van der Waals surface area contributed by atoms with Crippen molar-refractivity contribution in [1.82, 2.24) is 15.3 Å². The number of aryl methyl sites for hydroxylation is 1. The summed E-state index contributed by atoms with van der Waals surface area (Å²) < 4.78 is 7.00. The molecule has 0 fully saturated rings. The molecule has 20 heavy (non-hydrogen) atoms. The summed E-state index contributed by atoms with van der Waals surface area (Å²) in [6.07, 6.45) is 4.74. The van der Waals surface area contributed by atoms with Crippen molar-refractivity contribution in [3.05, 3.63) is 52.0 Å². The number of hydrogen-bond donors (Lipinski definition) is 1. The zero-order valence-electron chi connectivity index (χ0n) is 11.3. The van der Waals surface area contributed by atoms with E-state index in [0.717, 1.165) is 34.6 Å². The minimum Gasteiger partial charge on any atom is -0.488 e. The highest BCUT2D eigenvalue weighted by molar-refractivity contribution is 9.10. The van der Waals surface area contributed by atoms with E-state index in [4.69, 9.17) is 4.74 Å². The fourth-order valence-electron chi connectivity index (χ4n) is 2.27. The molecular weight excluding hydrogens is 318 g/mol. The summed E-state index contributed by atoms with van der Waals surface area (Å²) in [5.41, 5.74) is 3.16. The topological polar surface area (TPSA) is 47.0 Å². The first-order valence-corrected chi connectivity index (χ1v) is 7.43. The largest absolute Gasteiger partial charge is 0.488 e. The van der Waals surface area contributed by atoms with Gasteiger partial charge < -0.3 is 10.1 Å². The van der Waals surface area contributed by atoms with Gasteiger partial charge in [0.1, 0.15) is 11.9 Å². The van der Waals surface area contributed by atoms with Crippen molar-refractivity contribution in [3.63, 3.8) is 0 Å². The van der Waals surface area contributed by atoms with Crippen molar-refractivity contribution in [2.45, 2.75) is 26.0 Å². The lowest BCUT2D eigenvalue weighted by molar-refractivity contribution is 0.227. The van der Waals surface area contributed by atoms with E-state index >= 15 is 0 Å². The molecule has 5 heteroatoms. The number of halogens is 1. The van der Waals surface area contributed by atoms with Crippen molar-refractivity contribution in [3.8, 4) is 5.75 Å². The van der Waals surface area contributed by atoms with Crippen LogP contribution in [0.2, 0.25) is 0 Å². The van der Waals surface area contributed by atoms with Gasteiger partial charge in [0.2, 0.25) is 0 Å². The molecule has 1 aliphatic heterocycles. The SMILES string of the molecule is Cc1cnc(CNCC2Cc3cc(Br)ccc3O2)cn1. The molecule has 1 aromatic heterocycles. The zero-order valence-corrected chi connectivity index (χ0v) is 12.9. The van der Waals surface area contributed by atoms with Gasteiger partial charge in [0.15, 0.2) is 0 Å². The predicted octanol–water partition coefficient (Wildman–Crippen LogP) is 2.64. The average Bonchev–Trinajstić information content (AvgIpc) is 2.83. The Hall–Kier alpha value is -1.46. The van der Waals surface area contributed by atoms with Crippen LogP contribution in [0.25, 0.3) is 0 Å². The molecule has 3 rings (SSSR count). The Balaban J connectivity index is 1.50. The van der Waals surface area contributed by atoms with Gasteiger partial charge in [0.25, 0.3) is 0 Å². The molecule has 1 aromatic carbocycles. The van der Waals surface area contributed by atoms with Gasteiger partial charge in [-0.25, -0.2) is 0 Å². The maximum Gasteiger partial charge on any atom is 0.123 e. The normalized spacial score (nSPS) is 16.8. The highest BCUT2D eigenvalue weighted by Crippen LogP contribution is 2.30. The third-order valence-corrected chi connectivity index (χ3v) is 3.77. The Morgan fingerprint density at radius 2 is 2.25 bits per heavy atom. The fourth-order valence-corrected chi connectivity index (χ4v) is 2.68. The molecule has 0 saturated heterocycles. The Morgan fingerprint density at radius 3 is 3.05 bits per heavy atom. The van der Waals surface area contributed by atoms with E-state index in [1.54, 1.807) is 6.20 Å². The van der Waals surface area contributed by atoms with Crippen LogP contribution in [0.3, 0.4) is 0 Å². The van der Waals surface area contributed by atoms with Crippen LogP contribution >= 0.6 is 15.9 Å². The fraction of sp³-hybridized carbons (Fsp3) is 0.333. The number of rotatable bonds is 4. The predicted molar refractivity (Wildman–Crippen MR) is 80.7 cm³/mol. The summed E-state index contributed by atoms with van der Waals surface area (Å²) in [6, 6.07) is 6.15. The lowest BCUT2D eigenvalue weighted by Gasteiger charge is -2.11. The third kappa shape index (κ3) is 3.16. The summed E-state index contributed by atoms with van der Waals surface area (Å²) >= 11 is 3.49. The van der Waals surface area contributed by atoms with Crippen LogP contribution in [0, 0.1) is 6.92 Å². The Bertz CT molecular complexity index is 601. The molecule has 0 radical (unpaired) electrons. The maximum absolute atomic E-state index is 5.90. The van der Waals surface area contributed by atoms with Crippen LogP contribution < -0.4 is 10.1 Å². The molecule has 0 bridgehead atoms. The second kappa shape index (κ2) is 5.89. The van der Waals surface area contributed by atoms with Gasteiger partial charge in [-0.15, -0.1) is 0 Å².